The van der Waals surface area contributed by atoms with Crippen LogP contribution in [-0.2, 0) is 0 Å². The molecule has 0 spiro atoms. The molecule has 6 heteroatoms. The number of benzene rings is 1. The highest BCUT2D eigenvalue weighted by atomic mass is 35.5. The van der Waals surface area contributed by atoms with E-state index in [2.05, 4.69) is 10.2 Å². The van der Waals surface area contributed by atoms with Crippen molar-refractivity contribution in [3.05, 3.63) is 39.6 Å². The van der Waals surface area contributed by atoms with E-state index in [1.807, 2.05) is 0 Å². The van der Waals surface area contributed by atoms with Gasteiger partial charge in [0.15, 0.2) is 11.5 Å². The highest BCUT2D eigenvalue weighted by Gasteiger charge is 2.16. The quantitative estimate of drug-likeness (QED) is 0.811. The smallest absolute Gasteiger partial charge is 0.184 e. The van der Waals surface area contributed by atoms with Gasteiger partial charge in [-0.2, -0.15) is 5.10 Å². The minimum Gasteiger partial charge on any atom is -0.292 e. The van der Waals surface area contributed by atoms with Crippen LogP contribution in [-0.4, -0.2) is 20.8 Å². The van der Waals surface area contributed by atoms with Gasteiger partial charge in [-0.15, -0.1) is 9.90 Å². The van der Waals surface area contributed by atoms with Gasteiger partial charge in [-0.05, 0) is 19.1 Å². The van der Waals surface area contributed by atoms with Crippen molar-refractivity contribution in [3.63, 3.8) is 0 Å². The summed E-state index contributed by atoms with van der Waals surface area (Å²) in [4.78, 5) is 13.0. The molecule has 0 unspecified atom stereocenters. The van der Waals surface area contributed by atoms with Gasteiger partial charge in [0.05, 0.1) is 15.7 Å². The average molecular weight is 284 g/mol. The van der Waals surface area contributed by atoms with Crippen molar-refractivity contribution >= 4 is 29.0 Å². The fraction of sp³-hybridized carbons (Fsp3) is 0.250. The van der Waals surface area contributed by atoms with E-state index in [9.17, 15) is 4.79 Å². The van der Waals surface area contributed by atoms with Gasteiger partial charge in [0.2, 0.25) is 0 Å². The van der Waals surface area contributed by atoms with Crippen molar-refractivity contribution in [1.82, 2.24) is 15.0 Å². The molecule has 0 atom stereocenters. The van der Waals surface area contributed by atoms with Gasteiger partial charge in [0, 0.05) is 6.42 Å². The van der Waals surface area contributed by atoms with Crippen LogP contribution in [0.3, 0.4) is 0 Å². The number of hydrogen-bond acceptors (Lipinski definition) is 3. The summed E-state index contributed by atoms with van der Waals surface area (Å²) < 4.78 is 0. The molecule has 94 valence electrons. The third kappa shape index (κ3) is 2.26. The Bertz CT molecular complexity index is 607. The van der Waals surface area contributed by atoms with E-state index >= 15 is 0 Å². The van der Waals surface area contributed by atoms with E-state index in [0.29, 0.717) is 33.5 Å². The summed E-state index contributed by atoms with van der Waals surface area (Å²) in [6.07, 6.45) is 0.392. The first kappa shape index (κ1) is 13.1. The summed E-state index contributed by atoms with van der Waals surface area (Å²) in [5.74, 6) is -0.0445. The third-order valence-corrected chi connectivity index (χ3v) is 3.32. The zero-order valence-corrected chi connectivity index (χ0v) is 11.5. The van der Waals surface area contributed by atoms with Gasteiger partial charge in [-0.3, -0.25) is 4.79 Å². The van der Waals surface area contributed by atoms with Gasteiger partial charge in [-0.25, -0.2) is 0 Å². The van der Waals surface area contributed by atoms with Crippen LogP contribution in [0.1, 0.15) is 29.5 Å². The van der Waals surface area contributed by atoms with Crippen molar-refractivity contribution in [3.8, 4) is 5.69 Å². The lowest BCUT2D eigenvalue weighted by molar-refractivity contribution is 0.0982. The molecule has 0 amide bonds. The fourth-order valence-corrected chi connectivity index (χ4v) is 1.93. The molecule has 1 aromatic heterocycles. The van der Waals surface area contributed by atoms with Gasteiger partial charge >= 0.3 is 0 Å². The van der Waals surface area contributed by atoms with Crippen LogP contribution < -0.4 is 0 Å². The Hall–Kier alpha value is -1.39. The van der Waals surface area contributed by atoms with E-state index in [-0.39, 0.29) is 5.78 Å². The molecule has 18 heavy (non-hydrogen) atoms. The standard InChI is InChI=1S/C12H11Cl2N3O/c1-3-10(18)12-7(2)15-17(16-12)9-6-4-5-8(13)11(9)14/h4-6H,3H2,1-2H3. The first-order valence-corrected chi connectivity index (χ1v) is 6.21. The van der Waals surface area contributed by atoms with Gasteiger partial charge in [0.1, 0.15) is 5.69 Å². The maximum absolute atomic E-state index is 11.7. The van der Waals surface area contributed by atoms with Crippen molar-refractivity contribution in [2.24, 2.45) is 0 Å². The number of nitrogens with zero attached hydrogens (tertiary/aromatic N) is 3. The number of rotatable bonds is 3. The Morgan fingerprint density at radius 2 is 2.06 bits per heavy atom. The molecular weight excluding hydrogens is 273 g/mol. The maximum atomic E-state index is 11.7. The topological polar surface area (TPSA) is 47.8 Å². The fourth-order valence-electron chi connectivity index (χ4n) is 1.56. The van der Waals surface area contributed by atoms with E-state index in [0.717, 1.165) is 0 Å². The molecule has 0 N–H and O–H groups in total. The predicted octanol–water partition coefficient (Wildman–Crippen LogP) is 3.48. The van der Waals surface area contributed by atoms with Gasteiger partial charge < -0.3 is 0 Å². The SMILES string of the molecule is CCC(=O)c1nn(-c2cccc(Cl)c2Cl)nc1C. The lowest BCUT2D eigenvalue weighted by Gasteiger charge is -2.03. The van der Waals surface area contributed by atoms with Gasteiger partial charge in [0.25, 0.3) is 0 Å². The Balaban J connectivity index is 2.53. The number of Topliss-reactive ketones (excluding diaryl/α,β-unsaturated/α-hetero) is 1. The molecule has 4 nitrogen and oxygen atoms in total. The minimum absolute atomic E-state index is 0.0445. The van der Waals surface area contributed by atoms with Crippen LogP contribution in [0.15, 0.2) is 18.2 Å². The first-order chi connectivity index (χ1) is 8.54. The Morgan fingerprint density at radius 1 is 1.33 bits per heavy atom. The predicted molar refractivity (Wildman–Crippen MR) is 70.7 cm³/mol. The van der Waals surface area contributed by atoms with Crippen LogP contribution >= 0.6 is 23.2 Å². The van der Waals surface area contributed by atoms with E-state index < -0.39 is 0 Å². The Morgan fingerprint density at radius 3 is 2.72 bits per heavy atom. The second-order valence-electron chi connectivity index (χ2n) is 3.77. The molecule has 0 radical (unpaired) electrons. The summed E-state index contributed by atoms with van der Waals surface area (Å²) in [5.41, 5.74) is 1.51. The highest BCUT2D eigenvalue weighted by Crippen LogP contribution is 2.27. The van der Waals surface area contributed by atoms with Crippen LogP contribution in [0.5, 0.6) is 0 Å². The summed E-state index contributed by atoms with van der Waals surface area (Å²) in [6.45, 7) is 3.53. The molecule has 0 aliphatic carbocycles. The second kappa shape index (κ2) is 5.08. The number of hydrogen-bond donors (Lipinski definition) is 0. The van der Waals surface area contributed by atoms with Crippen molar-refractivity contribution in [1.29, 1.82) is 0 Å². The van der Waals surface area contributed by atoms with Crippen LogP contribution in [0, 0.1) is 6.92 Å². The lowest BCUT2D eigenvalue weighted by atomic mass is 10.2. The Kier molecular flexibility index (Phi) is 3.68. The van der Waals surface area contributed by atoms with E-state index in [4.69, 9.17) is 23.2 Å². The average Bonchev–Trinajstić information content (AvgIpc) is 2.73. The monoisotopic (exact) mass is 283 g/mol. The van der Waals surface area contributed by atoms with Crippen LogP contribution in [0.2, 0.25) is 10.0 Å². The summed E-state index contributed by atoms with van der Waals surface area (Å²) in [7, 11) is 0. The number of aryl methyl sites for hydroxylation is 1. The number of carbonyl (C=O) groups is 1. The number of aromatic nitrogens is 3. The molecule has 0 saturated carbocycles. The van der Waals surface area contributed by atoms with Crippen molar-refractivity contribution in [2.75, 3.05) is 0 Å². The van der Waals surface area contributed by atoms with E-state index in [1.54, 1.807) is 32.0 Å². The molecule has 1 aromatic carbocycles. The molecule has 0 aliphatic heterocycles. The van der Waals surface area contributed by atoms with Crippen molar-refractivity contribution < 1.29 is 4.79 Å². The maximum Gasteiger partial charge on any atom is 0.184 e. The molecule has 1 heterocycles. The minimum atomic E-state index is -0.0445. The summed E-state index contributed by atoms with van der Waals surface area (Å²) in [5, 5.41) is 9.15. The Labute approximate surface area is 115 Å². The molecule has 0 aliphatic rings. The first-order valence-electron chi connectivity index (χ1n) is 5.46. The molecule has 2 aromatic rings. The molecule has 0 fully saturated rings. The van der Waals surface area contributed by atoms with E-state index in [1.165, 1.54) is 4.80 Å². The van der Waals surface area contributed by atoms with Crippen LogP contribution in [0.4, 0.5) is 0 Å². The number of halogens is 2. The largest absolute Gasteiger partial charge is 0.292 e. The zero-order valence-electron chi connectivity index (χ0n) is 9.94. The van der Waals surface area contributed by atoms with Crippen molar-refractivity contribution in [2.45, 2.75) is 20.3 Å². The molecule has 0 bridgehead atoms. The normalized spacial score (nSPS) is 10.7. The number of carbonyl (C=O) groups excluding carboxylic acids is 1. The number of ketones is 1. The summed E-state index contributed by atoms with van der Waals surface area (Å²) >= 11 is 12.0. The van der Waals surface area contributed by atoms with Gasteiger partial charge in [-0.1, -0.05) is 36.2 Å². The summed E-state index contributed by atoms with van der Waals surface area (Å²) in [6, 6.07) is 5.18. The molecular formula is C12H11Cl2N3O. The van der Waals surface area contributed by atoms with Crippen LogP contribution in [0.25, 0.3) is 5.69 Å². The second-order valence-corrected chi connectivity index (χ2v) is 4.56. The highest BCUT2D eigenvalue weighted by molar-refractivity contribution is 6.43. The lowest BCUT2D eigenvalue weighted by Crippen LogP contribution is -2.03. The zero-order chi connectivity index (χ0) is 13.3. The molecule has 2 rings (SSSR count). The third-order valence-electron chi connectivity index (χ3n) is 2.51. The molecule has 0 saturated heterocycles.